The Hall–Kier alpha value is -2.43. The Balaban J connectivity index is 2.16. The molecule has 0 unspecified atom stereocenters. The SMILES string of the molecule is Cc1c(CNc2cccc(F)c2)cccc1[N+](=O)[O-]. The third-order valence-corrected chi connectivity index (χ3v) is 2.92. The van der Waals surface area contributed by atoms with E-state index in [1.165, 1.54) is 18.2 Å². The van der Waals surface area contributed by atoms with E-state index in [1.807, 2.05) is 6.07 Å². The average molecular weight is 260 g/mol. The number of nitro benzene ring substituents is 1. The van der Waals surface area contributed by atoms with Crippen molar-refractivity contribution < 1.29 is 9.31 Å². The minimum Gasteiger partial charge on any atom is -0.381 e. The van der Waals surface area contributed by atoms with Crippen molar-refractivity contribution >= 4 is 11.4 Å². The molecule has 0 saturated carbocycles. The molecule has 4 nitrogen and oxygen atoms in total. The maximum Gasteiger partial charge on any atom is 0.272 e. The van der Waals surface area contributed by atoms with Gasteiger partial charge in [-0.05, 0) is 30.7 Å². The van der Waals surface area contributed by atoms with Crippen molar-refractivity contribution in [1.82, 2.24) is 0 Å². The largest absolute Gasteiger partial charge is 0.381 e. The minimum atomic E-state index is -0.402. The molecule has 2 rings (SSSR count). The highest BCUT2D eigenvalue weighted by Crippen LogP contribution is 2.22. The van der Waals surface area contributed by atoms with Crippen molar-refractivity contribution in [2.75, 3.05) is 5.32 Å². The Kier molecular flexibility index (Phi) is 3.75. The third kappa shape index (κ3) is 3.07. The fourth-order valence-electron chi connectivity index (χ4n) is 1.85. The van der Waals surface area contributed by atoms with Crippen LogP contribution in [0.5, 0.6) is 0 Å². The van der Waals surface area contributed by atoms with Crippen molar-refractivity contribution in [1.29, 1.82) is 0 Å². The molecule has 2 aromatic carbocycles. The van der Waals surface area contributed by atoms with Crippen LogP contribution in [0.15, 0.2) is 42.5 Å². The number of nitro groups is 1. The van der Waals surface area contributed by atoms with Crippen molar-refractivity contribution in [3.63, 3.8) is 0 Å². The maximum absolute atomic E-state index is 13.0. The van der Waals surface area contributed by atoms with Gasteiger partial charge in [-0.25, -0.2) is 4.39 Å². The predicted molar refractivity (Wildman–Crippen MR) is 71.6 cm³/mol. The van der Waals surface area contributed by atoms with E-state index in [-0.39, 0.29) is 11.5 Å². The zero-order valence-corrected chi connectivity index (χ0v) is 10.4. The molecular formula is C14H13FN2O2. The van der Waals surface area contributed by atoms with E-state index in [2.05, 4.69) is 5.32 Å². The number of nitrogens with one attached hydrogen (secondary N) is 1. The number of rotatable bonds is 4. The lowest BCUT2D eigenvalue weighted by atomic mass is 10.1. The van der Waals surface area contributed by atoms with E-state index >= 15 is 0 Å². The quantitative estimate of drug-likeness (QED) is 0.674. The predicted octanol–water partition coefficient (Wildman–Crippen LogP) is 3.65. The normalized spacial score (nSPS) is 10.2. The van der Waals surface area contributed by atoms with Crippen molar-refractivity contribution in [2.24, 2.45) is 0 Å². The van der Waals surface area contributed by atoms with E-state index in [1.54, 1.807) is 25.1 Å². The van der Waals surface area contributed by atoms with Crippen LogP contribution >= 0.6 is 0 Å². The molecule has 0 heterocycles. The van der Waals surface area contributed by atoms with Crippen LogP contribution in [0.1, 0.15) is 11.1 Å². The molecule has 0 aliphatic carbocycles. The second-order valence-electron chi connectivity index (χ2n) is 4.18. The lowest BCUT2D eigenvalue weighted by Gasteiger charge is -2.09. The number of nitrogens with zero attached hydrogens (tertiary/aromatic N) is 1. The van der Waals surface area contributed by atoms with E-state index in [0.29, 0.717) is 17.8 Å². The second kappa shape index (κ2) is 5.48. The van der Waals surface area contributed by atoms with E-state index < -0.39 is 4.92 Å². The van der Waals surface area contributed by atoms with E-state index in [9.17, 15) is 14.5 Å². The minimum absolute atomic E-state index is 0.0959. The van der Waals surface area contributed by atoms with E-state index in [4.69, 9.17) is 0 Å². The van der Waals surface area contributed by atoms with Crippen LogP contribution in [0.3, 0.4) is 0 Å². The van der Waals surface area contributed by atoms with Crippen molar-refractivity contribution in [3.05, 3.63) is 69.5 Å². The lowest BCUT2D eigenvalue weighted by molar-refractivity contribution is -0.385. The second-order valence-corrected chi connectivity index (χ2v) is 4.18. The highest BCUT2D eigenvalue weighted by Gasteiger charge is 2.12. The van der Waals surface area contributed by atoms with Gasteiger partial charge < -0.3 is 5.32 Å². The Bertz CT molecular complexity index is 614. The van der Waals surface area contributed by atoms with Crippen LogP contribution in [0.25, 0.3) is 0 Å². The first-order chi connectivity index (χ1) is 9.08. The Morgan fingerprint density at radius 1 is 1.26 bits per heavy atom. The summed E-state index contributed by atoms with van der Waals surface area (Å²) in [7, 11) is 0. The molecule has 0 atom stereocenters. The summed E-state index contributed by atoms with van der Waals surface area (Å²) in [6, 6.07) is 11.0. The number of halogens is 1. The molecule has 2 aromatic rings. The van der Waals surface area contributed by atoms with Gasteiger partial charge in [0.15, 0.2) is 0 Å². The molecular weight excluding hydrogens is 247 g/mol. The summed E-state index contributed by atoms with van der Waals surface area (Å²) in [6.45, 7) is 2.12. The zero-order valence-electron chi connectivity index (χ0n) is 10.4. The van der Waals surface area contributed by atoms with Gasteiger partial charge in [-0.3, -0.25) is 10.1 Å². The van der Waals surface area contributed by atoms with Crippen LogP contribution in [-0.4, -0.2) is 4.92 Å². The first kappa shape index (κ1) is 13.0. The topological polar surface area (TPSA) is 55.2 Å². The summed E-state index contributed by atoms with van der Waals surface area (Å²) in [5, 5.41) is 13.9. The van der Waals surface area contributed by atoms with Gasteiger partial charge in [-0.15, -0.1) is 0 Å². The highest BCUT2D eigenvalue weighted by atomic mass is 19.1. The van der Waals surface area contributed by atoms with E-state index in [0.717, 1.165) is 5.56 Å². The van der Waals surface area contributed by atoms with Crippen LogP contribution in [0.2, 0.25) is 0 Å². The number of benzene rings is 2. The first-order valence-electron chi connectivity index (χ1n) is 5.80. The van der Waals surface area contributed by atoms with Gasteiger partial charge in [-0.2, -0.15) is 0 Å². The zero-order chi connectivity index (χ0) is 13.8. The van der Waals surface area contributed by atoms with Gasteiger partial charge in [0.1, 0.15) is 5.82 Å². The Morgan fingerprint density at radius 2 is 2.00 bits per heavy atom. The van der Waals surface area contributed by atoms with Crippen LogP contribution in [-0.2, 0) is 6.54 Å². The number of hydrogen-bond donors (Lipinski definition) is 1. The summed E-state index contributed by atoms with van der Waals surface area (Å²) in [5.74, 6) is -0.319. The molecule has 0 amide bonds. The Labute approximate surface area is 110 Å². The molecule has 0 spiro atoms. The van der Waals surface area contributed by atoms with Gasteiger partial charge in [0.2, 0.25) is 0 Å². The number of hydrogen-bond acceptors (Lipinski definition) is 3. The fourth-order valence-corrected chi connectivity index (χ4v) is 1.85. The van der Waals surface area contributed by atoms with Crippen molar-refractivity contribution in [3.8, 4) is 0 Å². The molecule has 0 bridgehead atoms. The van der Waals surface area contributed by atoms with Gasteiger partial charge in [-0.1, -0.05) is 18.2 Å². The standard InChI is InChI=1S/C14H13FN2O2/c1-10-11(4-2-7-14(10)17(18)19)9-16-13-6-3-5-12(15)8-13/h2-8,16H,9H2,1H3. The summed E-state index contributed by atoms with van der Waals surface area (Å²) in [4.78, 5) is 10.4. The van der Waals surface area contributed by atoms with Crippen molar-refractivity contribution in [2.45, 2.75) is 13.5 Å². The smallest absolute Gasteiger partial charge is 0.272 e. The maximum atomic E-state index is 13.0. The average Bonchev–Trinajstić information content (AvgIpc) is 2.37. The van der Waals surface area contributed by atoms with Gasteiger partial charge >= 0.3 is 0 Å². The summed E-state index contributed by atoms with van der Waals surface area (Å²) >= 11 is 0. The number of anilines is 1. The molecule has 0 radical (unpaired) electrons. The summed E-state index contributed by atoms with van der Waals surface area (Å²) in [6.07, 6.45) is 0. The molecule has 98 valence electrons. The Morgan fingerprint density at radius 3 is 2.68 bits per heavy atom. The monoisotopic (exact) mass is 260 g/mol. The van der Waals surface area contributed by atoms with Gasteiger partial charge in [0, 0.05) is 23.9 Å². The molecule has 0 aliphatic heterocycles. The lowest BCUT2D eigenvalue weighted by Crippen LogP contribution is -2.03. The summed E-state index contributed by atoms with van der Waals surface area (Å²) in [5.41, 5.74) is 2.18. The first-order valence-corrected chi connectivity index (χ1v) is 5.80. The van der Waals surface area contributed by atoms with Crippen LogP contribution in [0, 0.1) is 22.9 Å². The van der Waals surface area contributed by atoms with Crippen LogP contribution in [0.4, 0.5) is 15.8 Å². The molecule has 19 heavy (non-hydrogen) atoms. The third-order valence-electron chi connectivity index (χ3n) is 2.92. The fraction of sp³-hybridized carbons (Fsp3) is 0.143. The van der Waals surface area contributed by atoms with Gasteiger partial charge in [0.05, 0.1) is 4.92 Å². The molecule has 0 saturated heterocycles. The van der Waals surface area contributed by atoms with Crippen LogP contribution < -0.4 is 5.32 Å². The van der Waals surface area contributed by atoms with Gasteiger partial charge in [0.25, 0.3) is 5.69 Å². The molecule has 0 aliphatic rings. The highest BCUT2D eigenvalue weighted by molar-refractivity contribution is 5.48. The molecule has 1 N–H and O–H groups in total. The molecule has 0 fully saturated rings. The molecule has 0 aromatic heterocycles. The molecule has 5 heteroatoms. The summed E-state index contributed by atoms with van der Waals surface area (Å²) < 4.78 is 13.0.